The molecule has 4 aliphatic heterocycles. The number of rotatable bonds is 5. The van der Waals surface area contributed by atoms with Gasteiger partial charge in [0.25, 0.3) is 0 Å². The number of anilines is 1. The van der Waals surface area contributed by atoms with Crippen molar-refractivity contribution in [2.24, 2.45) is 0 Å². The number of fused-ring (bicyclic) bond motifs is 5. The van der Waals surface area contributed by atoms with Crippen LogP contribution in [0.15, 0.2) is 42.5 Å². The smallest absolute Gasteiger partial charge is 0.319 e. The Morgan fingerprint density at radius 1 is 1.05 bits per heavy atom. The minimum atomic E-state index is -0.874. The van der Waals surface area contributed by atoms with Crippen molar-refractivity contribution in [3.63, 3.8) is 0 Å². The first-order valence-electron chi connectivity index (χ1n) is 14.8. The summed E-state index contributed by atoms with van der Waals surface area (Å²) in [5.74, 6) is 0.153. The number of phenolic OH excluding ortho intramolecular Hbond substituents is 1. The number of phenols is 1. The van der Waals surface area contributed by atoms with Crippen LogP contribution in [-0.2, 0) is 0 Å². The molecule has 10 heteroatoms. The van der Waals surface area contributed by atoms with Crippen molar-refractivity contribution in [1.29, 1.82) is 0 Å². The van der Waals surface area contributed by atoms with Crippen LogP contribution in [-0.4, -0.2) is 76.6 Å². The zero-order chi connectivity index (χ0) is 28.6. The number of aromatic nitrogens is 2. The van der Waals surface area contributed by atoms with Crippen LogP contribution in [0, 0.1) is 5.82 Å². The molecular formula is C32H32ClF2N5O2. The molecular weight excluding hydrogens is 560 g/mol. The van der Waals surface area contributed by atoms with Crippen LogP contribution in [0.2, 0.25) is 5.02 Å². The molecule has 2 bridgehead atoms. The molecule has 0 amide bonds. The number of hydrogen-bond donors (Lipinski definition) is 2. The molecule has 7 nitrogen and oxygen atoms in total. The topological polar surface area (TPSA) is 73.8 Å². The molecule has 0 radical (unpaired) electrons. The van der Waals surface area contributed by atoms with Crippen LogP contribution in [0.1, 0.15) is 32.1 Å². The summed E-state index contributed by atoms with van der Waals surface area (Å²) in [5, 5.41) is 16.2. The third kappa shape index (κ3) is 4.19. The van der Waals surface area contributed by atoms with E-state index in [-0.39, 0.29) is 40.0 Å². The van der Waals surface area contributed by atoms with Crippen LogP contribution < -0.4 is 15.0 Å². The normalized spacial score (nSPS) is 27.3. The molecule has 4 aromatic rings. The van der Waals surface area contributed by atoms with Crippen LogP contribution in [0.5, 0.6) is 11.8 Å². The minimum Gasteiger partial charge on any atom is -0.507 e. The van der Waals surface area contributed by atoms with E-state index in [1.54, 1.807) is 24.3 Å². The van der Waals surface area contributed by atoms with Crippen LogP contribution in [0.4, 0.5) is 14.6 Å². The summed E-state index contributed by atoms with van der Waals surface area (Å²) < 4.78 is 37.4. The van der Waals surface area contributed by atoms with Crippen molar-refractivity contribution in [2.75, 3.05) is 37.7 Å². The van der Waals surface area contributed by atoms with Gasteiger partial charge in [0, 0.05) is 54.5 Å². The Morgan fingerprint density at radius 2 is 1.83 bits per heavy atom. The Morgan fingerprint density at radius 3 is 2.64 bits per heavy atom. The average molecular weight is 592 g/mol. The summed E-state index contributed by atoms with van der Waals surface area (Å²) in [4.78, 5) is 13.9. The Kier molecular flexibility index (Phi) is 6.21. The van der Waals surface area contributed by atoms with Crippen molar-refractivity contribution in [3.8, 4) is 22.9 Å². The number of ether oxygens (including phenoxy) is 1. The fourth-order valence-corrected chi connectivity index (χ4v) is 8.12. The molecule has 0 unspecified atom stereocenters. The van der Waals surface area contributed by atoms with Gasteiger partial charge >= 0.3 is 6.01 Å². The second-order valence-corrected chi connectivity index (χ2v) is 12.8. The van der Waals surface area contributed by atoms with Gasteiger partial charge in [0.1, 0.15) is 29.9 Å². The number of nitrogens with one attached hydrogen (secondary N) is 1. The maximum Gasteiger partial charge on any atom is 0.319 e. The molecule has 1 aromatic heterocycles. The van der Waals surface area contributed by atoms with Crippen molar-refractivity contribution >= 4 is 39.1 Å². The van der Waals surface area contributed by atoms with E-state index in [2.05, 4.69) is 20.1 Å². The largest absolute Gasteiger partial charge is 0.507 e. The second kappa shape index (κ2) is 9.89. The molecule has 4 atom stereocenters. The van der Waals surface area contributed by atoms with Crippen molar-refractivity contribution < 1.29 is 18.6 Å². The molecule has 4 saturated heterocycles. The van der Waals surface area contributed by atoms with Gasteiger partial charge in [0.05, 0.1) is 10.6 Å². The Labute approximate surface area is 247 Å². The molecule has 0 aliphatic carbocycles. The number of halogens is 3. The lowest BCUT2D eigenvalue weighted by molar-refractivity contribution is 0.107. The molecule has 2 N–H and O–H groups in total. The van der Waals surface area contributed by atoms with Gasteiger partial charge in [0.2, 0.25) is 0 Å². The van der Waals surface area contributed by atoms with Gasteiger partial charge in [-0.2, -0.15) is 9.97 Å². The number of nitrogens with zero attached hydrogens (tertiary/aromatic N) is 4. The van der Waals surface area contributed by atoms with E-state index < -0.39 is 12.0 Å². The summed E-state index contributed by atoms with van der Waals surface area (Å²) in [6.45, 7) is 3.03. The quantitative estimate of drug-likeness (QED) is 0.302. The van der Waals surface area contributed by atoms with Gasteiger partial charge in [-0.15, -0.1) is 0 Å². The lowest BCUT2D eigenvalue weighted by atomic mass is 9.95. The van der Waals surface area contributed by atoms with E-state index in [9.17, 15) is 9.50 Å². The van der Waals surface area contributed by atoms with Gasteiger partial charge < -0.3 is 20.1 Å². The Bertz CT molecular complexity index is 1710. The average Bonchev–Trinajstić information content (AvgIpc) is 3.63. The molecule has 5 heterocycles. The molecule has 4 aliphatic rings. The van der Waals surface area contributed by atoms with Gasteiger partial charge in [0.15, 0.2) is 5.82 Å². The summed E-state index contributed by atoms with van der Waals surface area (Å²) in [5.41, 5.74) is 0.540. The molecule has 8 rings (SSSR count). The molecule has 0 spiro atoms. The van der Waals surface area contributed by atoms with Gasteiger partial charge in [-0.25, -0.2) is 8.78 Å². The Hall–Kier alpha value is -3.27. The highest BCUT2D eigenvalue weighted by Gasteiger charge is 2.49. The summed E-state index contributed by atoms with van der Waals surface area (Å²) in [7, 11) is 0. The van der Waals surface area contributed by atoms with E-state index in [1.165, 1.54) is 0 Å². The van der Waals surface area contributed by atoms with Crippen LogP contribution in [0.25, 0.3) is 32.8 Å². The summed E-state index contributed by atoms with van der Waals surface area (Å²) in [6, 6.07) is 13.1. The highest BCUT2D eigenvalue weighted by molar-refractivity contribution is 6.35. The lowest BCUT2D eigenvalue weighted by Gasteiger charge is -2.34. The summed E-state index contributed by atoms with van der Waals surface area (Å²) in [6.07, 6.45) is 3.59. The number of aromatic hydroxyl groups is 1. The maximum atomic E-state index is 16.8. The van der Waals surface area contributed by atoms with E-state index >= 15 is 4.39 Å². The first kappa shape index (κ1) is 26.4. The third-order valence-electron chi connectivity index (χ3n) is 9.76. The van der Waals surface area contributed by atoms with Crippen molar-refractivity contribution in [1.82, 2.24) is 20.2 Å². The molecule has 42 heavy (non-hydrogen) atoms. The third-order valence-corrected chi connectivity index (χ3v) is 10.1. The van der Waals surface area contributed by atoms with E-state index in [0.29, 0.717) is 52.6 Å². The molecule has 0 saturated carbocycles. The van der Waals surface area contributed by atoms with E-state index in [4.69, 9.17) is 21.3 Å². The predicted molar refractivity (Wildman–Crippen MR) is 160 cm³/mol. The minimum absolute atomic E-state index is 0.0923. The van der Waals surface area contributed by atoms with Gasteiger partial charge in [-0.05, 0) is 61.4 Å². The first-order chi connectivity index (χ1) is 20.4. The SMILES string of the molecule is Oc1ccc(-c2c(Cl)cc3c(N4C[C@H]5CC[C@@H](C4)N5)nc(OC[C@@]45CCCN4C[C@H](F)C5)nc3c2F)c2ccccc12. The highest BCUT2D eigenvalue weighted by Crippen LogP contribution is 2.44. The van der Waals surface area contributed by atoms with Gasteiger partial charge in [-0.1, -0.05) is 35.9 Å². The van der Waals surface area contributed by atoms with Gasteiger partial charge in [-0.3, -0.25) is 4.90 Å². The zero-order valence-corrected chi connectivity index (χ0v) is 23.9. The number of alkyl halides is 1. The number of piperazine rings is 1. The standard InChI is InChI=1S/C32H32ClF2N5O2/c33-25-12-24-29(28(35)27(25)23-8-9-26(41)22-5-2-1-4-21(22)23)37-31(38-30(24)39-15-19-6-7-20(16-39)36-19)42-17-32-10-3-11-40(32)14-18(34)13-32/h1-2,4-5,8-9,12,18-20,36,41H,3,6-7,10-11,13-17H2/t18-,19-,20+,32+/m1/s1. The fraction of sp³-hybridized carbons (Fsp3) is 0.438. The van der Waals surface area contributed by atoms with Crippen molar-refractivity contribution in [3.05, 3.63) is 53.3 Å². The monoisotopic (exact) mass is 591 g/mol. The molecule has 3 aromatic carbocycles. The first-order valence-corrected chi connectivity index (χ1v) is 15.2. The van der Waals surface area contributed by atoms with Crippen LogP contribution in [0.3, 0.4) is 0 Å². The van der Waals surface area contributed by atoms with E-state index in [1.807, 2.05) is 18.2 Å². The molecule has 4 fully saturated rings. The fourth-order valence-electron chi connectivity index (χ4n) is 7.83. The van der Waals surface area contributed by atoms with Crippen molar-refractivity contribution in [2.45, 2.75) is 55.9 Å². The Balaban J connectivity index is 1.27. The number of benzene rings is 3. The second-order valence-electron chi connectivity index (χ2n) is 12.4. The maximum absolute atomic E-state index is 16.8. The lowest BCUT2D eigenvalue weighted by Crippen LogP contribution is -2.51. The van der Waals surface area contributed by atoms with Crippen LogP contribution >= 0.6 is 11.6 Å². The van der Waals surface area contributed by atoms with E-state index in [0.717, 1.165) is 45.3 Å². The summed E-state index contributed by atoms with van der Waals surface area (Å²) >= 11 is 6.86. The number of hydrogen-bond acceptors (Lipinski definition) is 7. The highest BCUT2D eigenvalue weighted by atomic mass is 35.5. The predicted octanol–water partition coefficient (Wildman–Crippen LogP) is 5.84. The zero-order valence-electron chi connectivity index (χ0n) is 23.1. The molecule has 218 valence electrons.